The fourth-order valence-electron chi connectivity index (χ4n) is 3.51. The molecule has 156 valence electrons. The molecule has 0 spiro atoms. The summed E-state index contributed by atoms with van der Waals surface area (Å²) in [5.74, 6) is -2.94. The number of carbonyl (C=O) groups is 4. The highest BCUT2D eigenvalue weighted by Gasteiger charge is 2.52. The van der Waals surface area contributed by atoms with E-state index in [-0.39, 0.29) is 21.5 Å². The van der Waals surface area contributed by atoms with Crippen molar-refractivity contribution in [1.82, 2.24) is 4.90 Å². The fraction of sp³-hybridized carbons (Fsp3) is 0.474. The Hall–Kier alpha value is -1.45. The van der Waals surface area contributed by atoms with E-state index in [0.717, 1.165) is 10.5 Å². The van der Waals surface area contributed by atoms with Gasteiger partial charge in [-0.1, -0.05) is 49.5 Å². The quantitative estimate of drug-likeness (QED) is 0.346. The number of likely N-dealkylation sites (tertiary alicyclic amines) is 1. The fourth-order valence-corrected chi connectivity index (χ4v) is 4.93. The number of hydrogen-bond donors (Lipinski definition) is 1. The number of esters is 1. The number of ether oxygens (including phenoxy) is 1. The topological polar surface area (TPSA) is 92.8 Å². The van der Waals surface area contributed by atoms with Crippen LogP contribution in [0.1, 0.15) is 18.4 Å². The van der Waals surface area contributed by atoms with Crippen molar-refractivity contribution in [3.63, 3.8) is 0 Å². The molecule has 1 heterocycles. The van der Waals surface area contributed by atoms with E-state index in [1.807, 2.05) is 6.92 Å². The molecular weight excluding hydrogens is 531 g/mol. The average Bonchev–Trinajstić information content (AvgIpc) is 2.88. The van der Waals surface area contributed by atoms with Crippen molar-refractivity contribution in [1.29, 1.82) is 0 Å². The van der Waals surface area contributed by atoms with E-state index >= 15 is 0 Å². The summed E-state index contributed by atoms with van der Waals surface area (Å²) in [6.45, 7) is 0.817. The van der Waals surface area contributed by atoms with Gasteiger partial charge in [-0.15, -0.1) is 0 Å². The Labute approximate surface area is 189 Å². The summed E-state index contributed by atoms with van der Waals surface area (Å²) in [4.78, 5) is 50.3. The lowest BCUT2D eigenvalue weighted by Gasteiger charge is -2.29. The summed E-state index contributed by atoms with van der Waals surface area (Å²) in [7, 11) is 0. The number of hydrogen-bond acceptors (Lipinski definition) is 5. The van der Waals surface area contributed by atoms with Gasteiger partial charge in [0.15, 0.2) is 6.61 Å². The van der Waals surface area contributed by atoms with Crippen LogP contribution in [0.4, 0.5) is 5.69 Å². The third kappa shape index (κ3) is 5.00. The van der Waals surface area contributed by atoms with Crippen LogP contribution in [0.3, 0.4) is 0 Å². The molecule has 3 rings (SSSR count). The Kier molecular flexibility index (Phi) is 7.01. The molecule has 0 unspecified atom stereocenters. The first-order valence-corrected chi connectivity index (χ1v) is 11.2. The van der Waals surface area contributed by atoms with Gasteiger partial charge in [-0.05, 0) is 37.5 Å². The summed E-state index contributed by atoms with van der Waals surface area (Å²) in [5, 5.41) is 3.07. The Morgan fingerprint density at radius 2 is 1.76 bits per heavy atom. The zero-order chi connectivity index (χ0) is 21.3. The van der Waals surface area contributed by atoms with E-state index in [0.29, 0.717) is 23.6 Å². The van der Waals surface area contributed by atoms with Crippen LogP contribution in [-0.4, -0.2) is 51.4 Å². The van der Waals surface area contributed by atoms with E-state index in [9.17, 15) is 19.2 Å². The second-order valence-electron chi connectivity index (χ2n) is 7.15. The van der Waals surface area contributed by atoms with E-state index in [4.69, 9.17) is 16.3 Å². The molecule has 29 heavy (non-hydrogen) atoms. The lowest BCUT2D eigenvalue weighted by atomic mass is 9.81. The summed E-state index contributed by atoms with van der Waals surface area (Å²) in [6.07, 6.45) is 1.05. The molecule has 10 heteroatoms. The zero-order valence-corrected chi connectivity index (χ0v) is 19.4. The van der Waals surface area contributed by atoms with E-state index < -0.39 is 36.9 Å². The number of imide groups is 1. The van der Waals surface area contributed by atoms with Gasteiger partial charge in [0, 0.05) is 20.4 Å². The smallest absolute Gasteiger partial charge is 0.326 e. The summed E-state index contributed by atoms with van der Waals surface area (Å²) < 4.78 is 4.94. The molecule has 1 aromatic carbocycles. The number of fused-ring (bicyclic) bond motifs is 1. The number of nitrogens with zero attached hydrogens (tertiary/aromatic N) is 1. The van der Waals surface area contributed by atoms with Crippen LogP contribution in [0.25, 0.3) is 0 Å². The SMILES string of the molecule is Cc1ccc(NC(=O)COC(=O)CN2C(=O)[C@H]3C[C@@H](Br)[C@@H](Br)C[C@H]3C2=O)cc1Cl. The molecule has 1 N–H and O–H groups in total. The number of nitrogens with one attached hydrogen (secondary N) is 1. The van der Waals surface area contributed by atoms with Crippen molar-refractivity contribution in [3.8, 4) is 0 Å². The maximum Gasteiger partial charge on any atom is 0.326 e. The second kappa shape index (κ2) is 9.14. The number of alkyl halides is 2. The Morgan fingerprint density at radius 3 is 2.31 bits per heavy atom. The number of benzene rings is 1. The van der Waals surface area contributed by atoms with Crippen molar-refractivity contribution < 1.29 is 23.9 Å². The van der Waals surface area contributed by atoms with E-state index in [1.165, 1.54) is 0 Å². The van der Waals surface area contributed by atoms with Crippen LogP contribution in [0, 0.1) is 18.8 Å². The van der Waals surface area contributed by atoms with Crippen LogP contribution in [0.15, 0.2) is 18.2 Å². The Balaban J connectivity index is 1.51. The molecule has 1 saturated heterocycles. The van der Waals surface area contributed by atoms with Crippen LogP contribution >= 0.6 is 43.5 Å². The van der Waals surface area contributed by atoms with Gasteiger partial charge in [0.2, 0.25) is 11.8 Å². The Bertz CT molecular complexity index is 837. The van der Waals surface area contributed by atoms with Gasteiger partial charge in [-0.25, -0.2) is 0 Å². The lowest BCUT2D eigenvalue weighted by Crippen LogP contribution is -2.37. The summed E-state index contributed by atoms with van der Waals surface area (Å²) in [5.41, 5.74) is 1.35. The molecular formula is C19H19Br2ClN2O5. The van der Waals surface area contributed by atoms with Crippen molar-refractivity contribution in [2.24, 2.45) is 11.8 Å². The standard InChI is InChI=1S/C19H19Br2ClN2O5/c1-9-2-3-10(4-15(9)22)23-16(25)8-29-17(26)7-24-18(27)11-5-13(20)14(21)6-12(11)19(24)28/h2-4,11-14H,5-8H2,1H3,(H,23,25)/t11-,12+,13+,14-. The molecule has 0 radical (unpaired) electrons. The molecule has 7 nitrogen and oxygen atoms in total. The van der Waals surface area contributed by atoms with E-state index in [2.05, 4.69) is 37.2 Å². The predicted octanol–water partition coefficient (Wildman–Crippen LogP) is 3.05. The highest BCUT2D eigenvalue weighted by atomic mass is 79.9. The minimum Gasteiger partial charge on any atom is -0.454 e. The molecule has 1 saturated carbocycles. The van der Waals surface area contributed by atoms with Gasteiger partial charge in [0.05, 0.1) is 11.8 Å². The van der Waals surface area contributed by atoms with Crippen molar-refractivity contribution in [2.75, 3.05) is 18.5 Å². The number of anilines is 1. The molecule has 1 aliphatic heterocycles. The van der Waals surface area contributed by atoms with E-state index in [1.54, 1.807) is 18.2 Å². The van der Waals surface area contributed by atoms with Gasteiger partial charge in [0.1, 0.15) is 6.54 Å². The first kappa shape index (κ1) is 22.2. The van der Waals surface area contributed by atoms with Crippen molar-refractivity contribution in [2.45, 2.75) is 29.4 Å². The Morgan fingerprint density at radius 1 is 1.17 bits per heavy atom. The first-order chi connectivity index (χ1) is 13.7. The minimum absolute atomic E-state index is 0.0892. The van der Waals surface area contributed by atoms with Crippen LogP contribution in [0.5, 0.6) is 0 Å². The number of rotatable bonds is 5. The molecule has 1 aliphatic carbocycles. The average molecular weight is 551 g/mol. The highest BCUT2D eigenvalue weighted by molar-refractivity contribution is 9.12. The molecule has 4 atom stereocenters. The number of halogens is 3. The lowest BCUT2D eigenvalue weighted by molar-refractivity contribution is -0.154. The van der Waals surface area contributed by atoms with Crippen molar-refractivity contribution in [3.05, 3.63) is 28.8 Å². The molecule has 2 aliphatic rings. The normalized spacial score (nSPS) is 26.3. The van der Waals surface area contributed by atoms with Gasteiger partial charge in [-0.2, -0.15) is 0 Å². The maximum absolute atomic E-state index is 12.5. The van der Waals surface area contributed by atoms with Gasteiger partial charge < -0.3 is 10.1 Å². The van der Waals surface area contributed by atoms with Crippen molar-refractivity contribution >= 4 is 72.8 Å². The zero-order valence-electron chi connectivity index (χ0n) is 15.5. The minimum atomic E-state index is -0.812. The second-order valence-corrected chi connectivity index (χ2v) is 9.91. The predicted molar refractivity (Wildman–Crippen MR) is 114 cm³/mol. The van der Waals surface area contributed by atoms with Gasteiger partial charge in [0.25, 0.3) is 5.91 Å². The third-order valence-electron chi connectivity index (χ3n) is 5.11. The third-order valence-corrected chi connectivity index (χ3v) is 8.25. The van der Waals surface area contributed by atoms with Crippen LogP contribution < -0.4 is 5.32 Å². The highest BCUT2D eigenvalue weighted by Crippen LogP contribution is 2.43. The first-order valence-electron chi connectivity index (χ1n) is 9.02. The summed E-state index contributed by atoms with van der Waals surface area (Å²) in [6, 6.07) is 5.02. The maximum atomic E-state index is 12.5. The number of aryl methyl sites for hydroxylation is 1. The number of carbonyl (C=O) groups excluding carboxylic acids is 4. The van der Waals surface area contributed by atoms with Gasteiger partial charge in [-0.3, -0.25) is 24.1 Å². The largest absolute Gasteiger partial charge is 0.454 e. The molecule has 0 aromatic heterocycles. The van der Waals surface area contributed by atoms with Crippen LogP contribution in [0.2, 0.25) is 5.02 Å². The summed E-state index contributed by atoms with van der Waals surface area (Å²) >= 11 is 13.0. The molecule has 1 aromatic rings. The van der Waals surface area contributed by atoms with Crippen LogP contribution in [-0.2, 0) is 23.9 Å². The monoisotopic (exact) mass is 548 g/mol. The molecule has 3 amide bonds. The molecule has 2 fully saturated rings. The van der Waals surface area contributed by atoms with Gasteiger partial charge >= 0.3 is 5.97 Å². The molecule has 0 bridgehead atoms. The number of amides is 3.